The van der Waals surface area contributed by atoms with Crippen LogP contribution in [0.1, 0.15) is 0 Å². The molecule has 0 spiro atoms. The quantitative estimate of drug-likeness (QED) is 0.719. The minimum atomic E-state index is 0.731. The molecule has 2 heterocycles. The summed E-state index contributed by atoms with van der Waals surface area (Å²) in [7, 11) is 0. The highest BCUT2D eigenvalue weighted by Gasteiger charge is 2.09. The van der Waals surface area contributed by atoms with Gasteiger partial charge in [-0.3, -0.25) is 0 Å². The molecule has 1 aliphatic heterocycles. The van der Waals surface area contributed by atoms with Crippen LogP contribution in [0.25, 0.3) is 0 Å². The molecule has 1 aliphatic rings. The summed E-state index contributed by atoms with van der Waals surface area (Å²) >= 11 is 2.22. The molecule has 0 atom stereocenters. The molecular weight excluding hydrogens is 255 g/mol. The van der Waals surface area contributed by atoms with Crippen LogP contribution in [0.3, 0.4) is 0 Å². The van der Waals surface area contributed by atoms with Gasteiger partial charge in [0, 0.05) is 9.77 Å². The monoisotopic (exact) mass is 262 g/mol. The van der Waals surface area contributed by atoms with Gasteiger partial charge in [0.2, 0.25) is 0 Å². The summed E-state index contributed by atoms with van der Waals surface area (Å²) in [6.07, 6.45) is 1.82. The Balaban J connectivity index is 2.43. The number of fused-ring (bicyclic) bond motifs is 1. The Bertz CT molecular complexity index is 277. The van der Waals surface area contributed by atoms with Crippen LogP contribution in [-0.2, 0) is 0 Å². The van der Waals surface area contributed by atoms with Crippen LogP contribution >= 0.6 is 22.6 Å². The molecule has 0 aromatic carbocycles. The molecule has 1 aromatic rings. The van der Waals surface area contributed by atoms with Crippen molar-refractivity contribution < 1.29 is 4.74 Å². The SMILES string of the molecule is Ic1cnc2c(c1)OCCN2. The Morgan fingerprint density at radius 1 is 1.64 bits per heavy atom. The molecule has 0 saturated heterocycles. The van der Waals surface area contributed by atoms with Crippen molar-refractivity contribution in [1.29, 1.82) is 0 Å². The number of nitrogens with zero attached hydrogens (tertiary/aromatic N) is 1. The van der Waals surface area contributed by atoms with Crippen molar-refractivity contribution in [2.45, 2.75) is 0 Å². The van der Waals surface area contributed by atoms with Gasteiger partial charge in [-0.25, -0.2) is 4.98 Å². The van der Waals surface area contributed by atoms with Crippen LogP contribution in [0.15, 0.2) is 12.3 Å². The first-order valence-electron chi connectivity index (χ1n) is 3.38. The minimum Gasteiger partial charge on any atom is -0.488 e. The molecule has 0 saturated carbocycles. The highest BCUT2D eigenvalue weighted by Crippen LogP contribution is 2.25. The Kier molecular flexibility index (Phi) is 1.85. The fraction of sp³-hybridized carbons (Fsp3) is 0.286. The van der Waals surface area contributed by atoms with Crippen LogP contribution in [0, 0.1) is 3.57 Å². The van der Waals surface area contributed by atoms with Gasteiger partial charge in [0.25, 0.3) is 0 Å². The second-order valence-corrected chi connectivity index (χ2v) is 3.52. The molecular formula is C7H7IN2O. The number of halogens is 1. The van der Waals surface area contributed by atoms with E-state index in [1.54, 1.807) is 0 Å². The van der Waals surface area contributed by atoms with E-state index in [0.29, 0.717) is 0 Å². The molecule has 0 fully saturated rings. The van der Waals surface area contributed by atoms with E-state index in [1.807, 2.05) is 12.3 Å². The molecule has 11 heavy (non-hydrogen) atoms. The highest BCUT2D eigenvalue weighted by atomic mass is 127. The first-order valence-corrected chi connectivity index (χ1v) is 4.46. The van der Waals surface area contributed by atoms with Gasteiger partial charge in [0.1, 0.15) is 6.61 Å². The van der Waals surface area contributed by atoms with Crippen molar-refractivity contribution in [2.24, 2.45) is 0 Å². The highest BCUT2D eigenvalue weighted by molar-refractivity contribution is 14.1. The maximum absolute atomic E-state index is 5.37. The zero-order valence-electron chi connectivity index (χ0n) is 5.80. The fourth-order valence-electron chi connectivity index (χ4n) is 0.994. The van der Waals surface area contributed by atoms with E-state index in [4.69, 9.17) is 4.74 Å². The number of hydrogen-bond donors (Lipinski definition) is 1. The van der Waals surface area contributed by atoms with Crippen LogP contribution in [0.4, 0.5) is 5.82 Å². The van der Waals surface area contributed by atoms with E-state index in [0.717, 1.165) is 28.3 Å². The summed E-state index contributed by atoms with van der Waals surface area (Å²) in [6.45, 7) is 1.58. The predicted molar refractivity (Wildman–Crippen MR) is 50.9 cm³/mol. The molecule has 1 aromatic heterocycles. The van der Waals surface area contributed by atoms with Crippen molar-refractivity contribution in [3.05, 3.63) is 15.8 Å². The van der Waals surface area contributed by atoms with Crippen LogP contribution in [0.5, 0.6) is 5.75 Å². The van der Waals surface area contributed by atoms with Crippen molar-refractivity contribution in [2.75, 3.05) is 18.5 Å². The summed E-state index contributed by atoms with van der Waals surface area (Å²) in [4.78, 5) is 4.18. The number of rotatable bonds is 0. The summed E-state index contributed by atoms with van der Waals surface area (Å²) in [5.74, 6) is 1.72. The number of pyridine rings is 1. The smallest absolute Gasteiger partial charge is 0.168 e. The molecule has 58 valence electrons. The predicted octanol–water partition coefficient (Wildman–Crippen LogP) is 1.49. The molecule has 3 nitrogen and oxygen atoms in total. The topological polar surface area (TPSA) is 34.1 Å². The number of aromatic nitrogens is 1. The molecule has 0 aliphatic carbocycles. The number of nitrogens with one attached hydrogen (secondary N) is 1. The summed E-state index contributed by atoms with van der Waals surface area (Å²) in [5, 5.41) is 3.15. The van der Waals surface area contributed by atoms with E-state index >= 15 is 0 Å². The maximum atomic E-state index is 5.37. The third kappa shape index (κ3) is 1.40. The van der Waals surface area contributed by atoms with Gasteiger partial charge in [0.05, 0.1) is 6.54 Å². The van der Waals surface area contributed by atoms with Crippen LogP contribution < -0.4 is 10.1 Å². The van der Waals surface area contributed by atoms with Gasteiger partial charge in [-0.05, 0) is 28.7 Å². The minimum absolute atomic E-state index is 0.731. The standard InChI is InChI=1S/C7H7IN2O/c8-5-3-6-7(10-4-5)9-1-2-11-6/h3-4H,1-2H2,(H,9,10). The van der Waals surface area contributed by atoms with E-state index in [9.17, 15) is 0 Å². The number of hydrogen-bond acceptors (Lipinski definition) is 3. The lowest BCUT2D eigenvalue weighted by atomic mass is 10.4. The van der Waals surface area contributed by atoms with E-state index < -0.39 is 0 Å². The molecule has 1 N–H and O–H groups in total. The van der Waals surface area contributed by atoms with Gasteiger partial charge in [-0.2, -0.15) is 0 Å². The Morgan fingerprint density at radius 2 is 2.55 bits per heavy atom. The van der Waals surface area contributed by atoms with Gasteiger partial charge in [-0.1, -0.05) is 0 Å². The average molecular weight is 262 g/mol. The van der Waals surface area contributed by atoms with E-state index in [2.05, 4.69) is 32.9 Å². The fourth-order valence-corrected chi connectivity index (χ4v) is 1.42. The Hall–Kier alpha value is -0.520. The molecule has 0 radical (unpaired) electrons. The normalized spacial score (nSPS) is 14.6. The van der Waals surface area contributed by atoms with Crippen molar-refractivity contribution in [3.8, 4) is 5.75 Å². The summed E-state index contributed by atoms with van der Waals surface area (Å²) in [6, 6.07) is 1.98. The van der Waals surface area contributed by atoms with E-state index in [1.165, 1.54) is 0 Å². The Morgan fingerprint density at radius 3 is 3.45 bits per heavy atom. The lowest BCUT2D eigenvalue weighted by molar-refractivity contribution is 0.321. The Labute approximate surface area is 78.3 Å². The molecule has 4 heteroatoms. The first kappa shape index (κ1) is 7.15. The van der Waals surface area contributed by atoms with Gasteiger partial charge in [-0.15, -0.1) is 0 Å². The first-order chi connectivity index (χ1) is 5.36. The second kappa shape index (κ2) is 2.84. The van der Waals surface area contributed by atoms with Gasteiger partial charge >= 0.3 is 0 Å². The molecule has 2 rings (SSSR count). The van der Waals surface area contributed by atoms with E-state index in [-0.39, 0.29) is 0 Å². The van der Waals surface area contributed by atoms with Gasteiger partial charge in [0.15, 0.2) is 11.6 Å². The second-order valence-electron chi connectivity index (χ2n) is 2.28. The lowest BCUT2D eigenvalue weighted by Crippen LogP contribution is -2.18. The molecule has 0 bridgehead atoms. The van der Waals surface area contributed by atoms with Crippen molar-refractivity contribution >= 4 is 28.4 Å². The zero-order chi connectivity index (χ0) is 7.68. The van der Waals surface area contributed by atoms with Crippen LogP contribution in [0.2, 0.25) is 0 Å². The lowest BCUT2D eigenvalue weighted by Gasteiger charge is -2.17. The summed E-state index contributed by atoms with van der Waals surface area (Å²) in [5.41, 5.74) is 0. The zero-order valence-corrected chi connectivity index (χ0v) is 7.96. The maximum Gasteiger partial charge on any atom is 0.168 e. The molecule has 0 unspecified atom stereocenters. The number of anilines is 1. The number of ether oxygens (including phenoxy) is 1. The molecule has 0 amide bonds. The largest absolute Gasteiger partial charge is 0.488 e. The average Bonchev–Trinajstić information content (AvgIpc) is 2.04. The third-order valence-corrected chi connectivity index (χ3v) is 2.06. The summed E-state index contributed by atoms with van der Waals surface area (Å²) < 4.78 is 6.48. The van der Waals surface area contributed by atoms with Crippen LogP contribution in [-0.4, -0.2) is 18.1 Å². The van der Waals surface area contributed by atoms with Crippen molar-refractivity contribution in [3.63, 3.8) is 0 Å². The van der Waals surface area contributed by atoms with Crippen molar-refractivity contribution in [1.82, 2.24) is 4.98 Å². The van der Waals surface area contributed by atoms with Gasteiger partial charge < -0.3 is 10.1 Å². The third-order valence-electron chi connectivity index (χ3n) is 1.47.